The van der Waals surface area contributed by atoms with Crippen molar-refractivity contribution in [3.05, 3.63) is 29.8 Å². The van der Waals surface area contributed by atoms with Crippen LogP contribution in [0, 0.1) is 0 Å². The molecule has 1 atom stereocenters. The molecule has 1 aliphatic rings. The van der Waals surface area contributed by atoms with E-state index in [1.165, 1.54) is 6.42 Å². The Morgan fingerprint density at radius 3 is 2.71 bits per heavy atom. The number of rotatable bonds is 5. The number of benzene rings is 1. The molecule has 0 spiro atoms. The van der Waals surface area contributed by atoms with Crippen molar-refractivity contribution in [1.29, 1.82) is 0 Å². The molecule has 1 aromatic carbocycles. The quantitative estimate of drug-likeness (QED) is 0.815. The summed E-state index contributed by atoms with van der Waals surface area (Å²) in [7, 11) is 0. The van der Waals surface area contributed by atoms with Crippen LogP contribution in [-0.4, -0.2) is 23.7 Å². The third kappa shape index (κ3) is 2.58. The summed E-state index contributed by atoms with van der Waals surface area (Å²) in [5.74, 6) is -0.932. The normalized spacial score (nSPS) is 17.2. The number of carboxylic acid groups (broad SMARTS) is 1. The summed E-state index contributed by atoms with van der Waals surface area (Å²) in [4.78, 5) is 11.1. The van der Waals surface area contributed by atoms with E-state index in [9.17, 15) is 4.79 Å². The summed E-state index contributed by atoms with van der Waals surface area (Å²) < 4.78 is 5.80. The Hall–Kier alpha value is -1.55. The molecule has 1 fully saturated rings. The molecule has 0 aromatic heterocycles. The molecule has 17 heavy (non-hydrogen) atoms. The van der Waals surface area contributed by atoms with Crippen LogP contribution in [-0.2, 0) is 4.79 Å². The van der Waals surface area contributed by atoms with Gasteiger partial charge in [-0.05, 0) is 25.3 Å². The molecule has 1 unspecified atom stereocenters. The van der Waals surface area contributed by atoms with Gasteiger partial charge in [0, 0.05) is 12.1 Å². The fourth-order valence-corrected chi connectivity index (χ4v) is 1.90. The summed E-state index contributed by atoms with van der Waals surface area (Å²) in [5.41, 5.74) is 6.19. The monoisotopic (exact) mass is 235 g/mol. The van der Waals surface area contributed by atoms with Crippen molar-refractivity contribution < 1.29 is 14.6 Å². The van der Waals surface area contributed by atoms with Gasteiger partial charge in [0.05, 0.1) is 12.0 Å². The second-order valence-corrected chi connectivity index (χ2v) is 4.34. The predicted octanol–water partition coefficient (Wildman–Crippen LogP) is 1.74. The molecule has 4 heteroatoms. The van der Waals surface area contributed by atoms with Crippen LogP contribution in [0.3, 0.4) is 0 Å². The van der Waals surface area contributed by atoms with Crippen molar-refractivity contribution in [3.8, 4) is 5.75 Å². The molecule has 4 nitrogen and oxygen atoms in total. The molecule has 2 rings (SSSR count). The molecule has 1 aromatic rings. The first-order chi connectivity index (χ1) is 8.22. The van der Waals surface area contributed by atoms with Crippen molar-refractivity contribution in [2.45, 2.75) is 31.3 Å². The van der Waals surface area contributed by atoms with Gasteiger partial charge in [0.15, 0.2) is 0 Å². The fraction of sp³-hybridized carbons (Fsp3) is 0.462. The number of hydrogen-bond donors (Lipinski definition) is 2. The minimum absolute atomic E-state index is 0.0837. The molecule has 0 saturated heterocycles. The van der Waals surface area contributed by atoms with Crippen LogP contribution in [0.1, 0.15) is 30.7 Å². The highest BCUT2D eigenvalue weighted by Gasteiger charge is 2.25. The Bertz CT molecular complexity index is 401. The Morgan fingerprint density at radius 1 is 1.47 bits per heavy atom. The molecule has 3 N–H and O–H groups in total. The summed E-state index contributed by atoms with van der Waals surface area (Å²) >= 11 is 0. The summed E-state index contributed by atoms with van der Waals surface area (Å²) in [6.07, 6.45) is 3.53. The van der Waals surface area contributed by atoms with E-state index in [1.54, 1.807) is 6.07 Å². The largest absolute Gasteiger partial charge is 0.490 e. The number of ether oxygens (including phenoxy) is 1. The van der Waals surface area contributed by atoms with Gasteiger partial charge in [-0.25, -0.2) is 0 Å². The zero-order valence-electron chi connectivity index (χ0n) is 9.63. The first kappa shape index (κ1) is 11.9. The maximum atomic E-state index is 11.1. The Kier molecular flexibility index (Phi) is 3.64. The fourth-order valence-electron chi connectivity index (χ4n) is 1.90. The van der Waals surface area contributed by atoms with Gasteiger partial charge in [-0.2, -0.15) is 0 Å². The van der Waals surface area contributed by atoms with E-state index in [1.807, 2.05) is 18.2 Å². The van der Waals surface area contributed by atoms with E-state index in [0.717, 1.165) is 12.8 Å². The third-order valence-electron chi connectivity index (χ3n) is 3.17. The van der Waals surface area contributed by atoms with E-state index in [2.05, 4.69) is 0 Å². The average molecular weight is 235 g/mol. The zero-order chi connectivity index (χ0) is 12.3. The van der Waals surface area contributed by atoms with Crippen molar-refractivity contribution in [1.82, 2.24) is 0 Å². The van der Waals surface area contributed by atoms with Gasteiger partial charge in [0.1, 0.15) is 5.75 Å². The molecule has 1 saturated carbocycles. The highest BCUT2D eigenvalue weighted by Crippen LogP contribution is 2.31. The minimum atomic E-state index is -0.905. The van der Waals surface area contributed by atoms with Crippen LogP contribution in [0.25, 0.3) is 0 Å². The second kappa shape index (κ2) is 5.19. The molecule has 0 radical (unpaired) electrons. The van der Waals surface area contributed by atoms with Gasteiger partial charge in [-0.1, -0.05) is 18.2 Å². The molecule has 92 valence electrons. The van der Waals surface area contributed by atoms with Crippen LogP contribution in [0.4, 0.5) is 0 Å². The summed E-state index contributed by atoms with van der Waals surface area (Å²) in [6, 6.07) is 7.26. The maximum Gasteiger partial charge on any atom is 0.312 e. The topological polar surface area (TPSA) is 72.6 Å². The van der Waals surface area contributed by atoms with Crippen LogP contribution in [0.5, 0.6) is 5.75 Å². The number of aliphatic carboxylic acids is 1. The van der Waals surface area contributed by atoms with Gasteiger partial charge < -0.3 is 15.6 Å². The average Bonchev–Trinajstić information content (AvgIpc) is 2.26. The first-order valence-corrected chi connectivity index (χ1v) is 5.91. The molecule has 0 amide bonds. The third-order valence-corrected chi connectivity index (χ3v) is 3.17. The standard InChI is InChI=1S/C13H17NO3/c14-8-11(13(15)16)10-6-1-2-7-12(10)17-9-4-3-5-9/h1-2,6-7,9,11H,3-5,8,14H2,(H,15,16). The lowest BCUT2D eigenvalue weighted by molar-refractivity contribution is -0.138. The SMILES string of the molecule is NCC(C(=O)O)c1ccccc1OC1CCC1. The molecule has 1 aliphatic carbocycles. The molecular formula is C13H17NO3. The predicted molar refractivity (Wildman–Crippen MR) is 64.1 cm³/mol. The second-order valence-electron chi connectivity index (χ2n) is 4.34. The van der Waals surface area contributed by atoms with E-state index in [0.29, 0.717) is 11.3 Å². The number of para-hydroxylation sites is 1. The Morgan fingerprint density at radius 2 is 2.18 bits per heavy atom. The molecule has 0 bridgehead atoms. The molecule has 0 heterocycles. The summed E-state index contributed by atoms with van der Waals surface area (Å²) in [5, 5.41) is 9.12. The smallest absolute Gasteiger partial charge is 0.312 e. The van der Waals surface area contributed by atoms with E-state index in [-0.39, 0.29) is 12.6 Å². The van der Waals surface area contributed by atoms with E-state index < -0.39 is 11.9 Å². The van der Waals surface area contributed by atoms with E-state index in [4.69, 9.17) is 15.6 Å². The van der Waals surface area contributed by atoms with Crippen LogP contribution >= 0.6 is 0 Å². The lowest BCUT2D eigenvalue weighted by Crippen LogP contribution is -2.27. The van der Waals surface area contributed by atoms with Crippen molar-refractivity contribution in [2.24, 2.45) is 5.73 Å². The van der Waals surface area contributed by atoms with Crippen molar-refractivity contribution in [2.75, 3.05) is 6.54 Å². The van der Waals surface area contributed by atoms with Gasteiger partial charge in [-0.15, -0.1) is 0 Å². The van der Waals surface area contributed by atoms with Crippen LogP contribution in [0.2, 0.25) is 0 Å². The lowest BCUT2D eigenvalue weighted by Gasteiger charge is -2.28. The Balaban J connectivity index is 2.21. The lowest BCUT2D eigenvalue weighted by atomic mass is 9.95. The maximum absolute atomic E-state index is 11.1. The zero-order valence-corrected chi connectivity index (χ0v) is 9.63. The number of hydrogen-bond acceptors (Lipinski definition) is 3. The highest BCUT2D eigenvalue weighted by atomic mass is 16.5. The number of carboxylic acids is 1. The van der Waals surface area contributed by atoms with Crippen molar-refractivity contribution in [3.63, 3.8) is 0 Å². The van der Waals surface area contributed by atoms with Crippen LogP contribution < -0.4 is 10.5 Å². The van der Waals surface area contributed by atoms with Crippen LogP contribution in [0.15, 0.2) is 24.3 Å². The highest BCUT2D eigenvalue weighted by molar-refractivity contribution is 5.77. The van der Waals surface area contributed by atoms with Crippen molar-refractivity contribution >= 4 is 5.97 Å². The van der Waals surface area contributed by atoms with Gasteiger partial charge in [-0.3, -0.25) is 4.79 Å². The Labute approximate surface area is 100 Å². The molecular weight excluding hydrogens is 218 g/mol. The molecule has 0 aliphatic heterocycles. The number of nitrogens with two attached hydrogens (primary N) is 1. The minimum Gasteiger partial charge on any atom is -0.490 e. The summed E-state index contributed by atoms with van der Waals surface area (Å²) in [6.45, 7) is 0.0837. The van der Waals surface area contributed by atoms with Gasteiger partial charge in [0.2, 0.25) is 0 Å². The van der Waals surface area contributed by atoms with E-state index >= 15 is 0 Å². The number of carbonyl (C=O) groups is 1. The van der Waals surface area contributed by atoms with Gasteiger partial charge >= 0.3 is 5.97 Å². The van der Waals surface area contributed by atoms with Gasteiger partial charge in [0.25, 0.3) is 0 Å². The first-order valence-electron chi connectivity index (χ1n) is 5.91.